The standard InChI is InChI=1S/C16H18N2O/c1-11(13-9-17-10-13)16(19)8-14-7-6-12-4-2-3-5-15(12)18-14/h2-7,11,13,17H,8-10H2,1H3. The fourth-order valence-corrected chi connectivity index (χ4v) is 2.47. The van der Waals surface area contributed by atoms with Gasteiger partial charge in [-0.25, -0.2) is 0 Å². The van der Waals surface area contributed by atoms with Crippen molar-refractivity contribution < 1.29 is 4.79 Å². The molecule has 0 bridgehead atoms. The van der Waals surface area contributed by atoms with Gasteiger partial charge in [0.1, 0.15) is 5.78 Å². The highest BCUT2D eigenvalue weighted by Crippen LogP contribution is 2.19. The maximum Gasteiger partial charge on any atom is 0.142 e. The van der Waals surface area contributed by atoms with E-state index < -0.39 is 0 Å². The van der Waals surface area contributed by atoms with Gasteiger partial charge in [-0.15, -0.1) is 0 Å². The molecule has 0 spiro atoms. The average molecular weight is 254 g/mol. The van der Waals surface area contributed by atoms with Crippen LogP contribution in [0.5, 0.6) is 0 Å². The van der Waals surface area contributed by atoms with Crippen LogP contribution in [0.1, 0.15) is 12.6 Å². The van der Waals surface area contributed by atoms with Gasteiger partial charge in [-0.3, -0.25) is 9.78 Å². The second-order valence-electron chi connectivity index (χ2n) is 5.35. The lowest BCUT2D eigenvalue weighted by atomic mass is 9.84. The summed E-state index contributed by atoms with van der Waals surface area (Å²) in [5, 5.41) is 4.34. The molecule has 1 aliphatic heterocycles. The zero-order chi connectivity index (χ0) is 13.2. The third-order valence-corrected chi connectivity index (χ3v) is 4.04. The molecule has 0 aliphatic carbocycles. The van der Waals surface area contributed by atoms with E-state index in [1.807, 2.05) is 43.3 Å². The van der Waals surface area contributed by atoms with Crippen LogP contribution in [0.2, 0.25) is 0 Å². The van der Waals surface area contributed by atoms with Crippen LogP contribution in [-0.4, -0.2) is 23.9 Å². The molecule has 0 saturated carbocycles. The largest absolute Gasteiger partial charge is 0.316 e. The number of hydrogen-bond acceptors (Lipinski definition) is 3. The van der Waals surface area contributed by atoms with Crippen LogP contribution in [0.15, 0.2) is 36.4 Å². The summed E-state index contributed by atoms with van der Waals surface area (Å²) < 4.78 is 0. The van der Waals surface area contributed by atoms with Crippen LogP contribution in [0, 0.1) is 11.8 Å². The molecule has 3 heteroatoms. The molecule has 1 aromatic carbocycles. The number of carbonyl (C=O) groups excluding carboxylic acids is 1. The summed E-state index contributed by atoms with van der Waals surface area (Å²) in [7, 11) is 0. The predicted molar refractivity (Wildman–Crippen MR) is 76.0 cm³/mol. The van der Waals surface area contributed by atoms with Crippen LogP contribution in [0.25, 0.3) is 10.9 Å². The molecule has 1 saturated heterocycles. The second-order valence-corrected chi connectivity index (χ2v) is 5.35. The third kappa shape index (κ3) is 2.51. The Morgan fingerprint density at radius 1 is 1.32 bits per heavy atom. The Morgan fingerprint density at radius 2 is 2.11 bits per heavy atom. The molecule has 3 nitrogen and oxygen atoms in total. The number of ketones is 1. The summed E-state index contributed by atoms with van der Waals surface area (Å²) in [5.74, 6) is 0.941. The Kier molecular flexibility index (Phi) is 3.30. The van der Waals surface area contributed by atoms with Gasteiger partial charge >= 0.3 is 0 Å². The van der Waals surface area contributed by atoms with Crippen molar-refractivity contribution in [3.63, 3.8) is 0 Å². The number of carbonyl (C=O) groups is 1. The fraction of sp³-hybridized carbons (Fsp3) is 0.375. The SMILES string of the molecule is CC(C(=O)Cc1ccc2ccccc2n1)C1CNC1. The molecule has 1 fully saturated rings. The van der Waals surface area contributed by atoms with Gasteiger partial charge in [-0.2, -0.15) is 0 Å². The highest BCUT2D eigenvalue weighted by molar-refractivity contribution is 5.84. The number of fused-ring (bicyclic) bond motifs is 1. The highest BCUT2D eigenvalue weighted by Gasteiger charge is 2.28. The Labute approximate surface area is 113 Å². The van der Waals surface area contributed by atoms with Crippen molar-refractivity contribution in [1.82, 2.24) is 10.3 Å². The van der Waals surface area contributed by atoms with Gasteiger partial charge in [0.15, 0.2) is 0 Å². The predicted octanol–water partition coefficient (Wildman–Crippen LogP) is 2.20. The van der Waals surface area contributed by atoms with E-state index in [-0.39, 0.29) is 5.92 Å². The Balaban J connectivity index is 1.75. The summed E-state index contributed by atoms with van der Waals surface area (Å²) in [6, 6.07) is 12.0. The van der Waals surface area contributed by atoms with Gasteiger partial charge in [0.25, 0.3) is 0 Å². The highest BCUT2D eigenvalue weighted by atomic mass is 16.1. The van der Waals surface area contributed by atoms with Crippen molar-refractivity contribution in [3.8, 4) is 0 Å². The molecule has 1 aromatic heterocycles. The Morgan fingerprint density at radius 3 is 2.84 bits per heavy atom. The third-order valence-electron chi connectivity index (χ3n) is 4.04. The zero-order valence-corrected chi connectivity index (χ0v) is 11.1. The number of hydrogen-bond donors (Lipinski definition) is 1. The normalized spacial score (nSPS) is 17.1. The molecule has 1 aliphatic rings. The molecule has 1 unspecified atom stereocenters. The first kappa shape index (κ1) is 12.3. The van der Waals surface area contributed by atoms with Gasteiger partial charge in [0, 0.05) is 23.4 Å². The van der Waals surface area contributed by atoms with Crippen molar-refractivity contribution in [2.45, 2.75) is 13.3 Å². The molecule has 1 atom stereocenters. The van der Waals surface area contributed by atoms with E-state index in [9.17, 15) is 4.79 Å². The molecule has 3 rings (SSSR count). The van der Waals surface area contributed by atoms with Crippen molar-refractivity contribution >= 4 is 16.7 Å². The first-order valence-corrected chi connectivity index (χ1v) is 6.82. The van der Waals surface area contributed by atoms with E-state index in [1.54, 1.807) is 0 Å². The number of Topliss-reactive ketones (excluding diaryl/α,β-unsaturated/α-hetero) is 1. The number of rotatable bonds is 4. The van der Waals surface area contributed by atoms with E-state index in [4.69, 9.17) is 0 Å². The first-order chi connectivity index (χ1) is 9.24. The number of benzene rings is 1. The molecular formula is C16H18N2O. The van der Waals surface area contributed by atoms with Crippen LogP contribution in [0.4, 0.5) is 0 Å². The number of pyridine rings is 1. The van der Waals surface area contributed by atoms with Crippen LogP contribution in [0.3, 0.4) is 0 Å². The van der Waals surface area contributed by atoms with Gasteiger partial charge in [0.05, 0.1) is 5.52 Å². The van der Waals surface area contributed by atoms with Crippen LogP contribution >= 0.6 is 0 Å². The van der Waals surface area contributed by atoms with Crippen molar-refractivity contribution in [1.29, 1.82) is 0 Å². The summed E-state index contributed by atoms with van der Waals surface area (Å²) in [6.45, 7) is 3.98. The minimum atomic E-state index is 0.134. The van der Waals surface area contributed by atoms with Gasteiger partial charge in [-0.05, 0) is 31.1 Å². The van der Waals surface area contributed by atoms with Crippen molar-refractivity contribution in [2.24, 2.45) is 11.8 Å². The maximum absolute atomic E-state index is 12.2. The molecule has 0 amide bonds. The van der Waals surface area contributed by atoms with Crippen LogP contribution in [-0.2, 0) is 11.2 Å². The fourth-order valence-electron chi connectivity index (χ4n) is 2.47. The monoisotopic (exact) mass is 254 g/mol. The molecule has 98 valence electrons. The second kappa shape index (κ2) is 5.10. The van der Waals surface area contributed by atoms with Crippen molar-refractivity contribution in [2.75, 3.05) is 13.1 Å². The number of nitrogens with zero attached hydrogens (tertiary/aromatic N) is 1. The van der Waals surface area contributed by atoms with E-state index in [1.165, 1.54) is 0 Å². The first-order valence-electron chi connectivity index (χ1n) is 6.82. The lowest BCUT2D eigenvalue weighted by Crippen LogP contribution is -2.47. The molecule has 1 N–H and O–H groups in total. The smallest absolute Gasteiger partial charge is 0.142 e. The average Bonchev–Trinajstić information content (AvgIpc) is 2.36. The van der Waals surface area contributed by atoms with E-state index in [0.717, 1.165) is 29.7 Å². The molecule has 2 aromatic rings. The zero-order valence-electron chi connectivity index (χ0n) is 11.1. The summed E-state index contributed by atoms with van der Waals surface area (Å²) in [6.07, 6.45) is 0.447. The summed E-state index contributed by atoms with van der Waals surface area (Å²) >= 11 is 0. The minimum Gasteiger partial charge on any atom is -0.316 e. The lowest BCUT2D eigenvalue weighted by molar-refractivity contribution is -0.123. The Bertz CT molecular complexity index is 604. The van der Waals surface area contributed by atoms with Crippen molar-refractivity contribution in [3.05, 3.63) is 42.1 Å². The molecule has 19 heavy (non-hydrogen) atoms. The molecule has 2 heterocycles. The van der Waals surface area contributed by atoms with Crippen LogP contribution < -0.4 is 5.32 Å². The maximum atomic E-state index is 12.2. The van der Waals surface area contributed by atoms with E-state index in [0.29, 0.717) is 18.1 Å². The number of nitrogens with one attached hydrogen (secondary N) is 1. The minimum absolute atomic E-state index is 0.134. The topological polar surface area (TPSA) is 42.0 Å². The van der Waals surface area contributed by atoms with Gasteiger partial charge in [-0.1, -0.05) is 31.2 Å². The van der Waals surface area contributed by atoms with E-state index >= 15 is 0 Å². The lowest BCUT2D eigenvalue weighted by Gasteiger charge is -2.31. The number of aromatic nitrogens is 1. The molecule has 0 radical (unpaired) electrons. The number of para-hydroxylation sites is 1. The van der Waals surface area contributed by atoms with Gasteiger partial charge in [0.2, 0.25) is 0 Å². The summed E-state index contributed by atoms with van der Waals surface area (Å²) in [5.41, 5.74) is 1.84. The molecular weight excluding hydrogens is 236 g/mol. The van der Waals surface area contributed by atoms with E-state index in [2.05, 4.69) is 10.3 Å². The Hall–Kier alpha value is -1.74. The summed E-state index contributed by atoms with van der Waals surface area (Å²) in [4.78, 5) is 16.8. The quantitative estimate of drug-likeness (QED) is 0.909. The van der Waals surface area contributed by atoms with Gasteiger partial charge < -0.3 is 5.32 Å².